The van der Waals surface area contributed by atoms with Crippen LogP contribution in [0.4, 0.5) is 5.88 Å². The lowest BCUT2D eigenvalue weighted by Gasteiger charge is -2.07. The molecule has 0 saturated carbocycles. The number of hydrogen-bond donors (Lipinski definition) is 2. The minimum Gasteiger partial charge on any atom is -0.338 e. The number of benzene rings is 2. The van der Waals surface area contributed by atoms with Crippen LogP contribution in [-0.2, 0) is 13.0 Å². The maximum Gasteiger partial charge on any atom is 0.262 e. The van der Waals surface area contributed by atoms with Crippen LogP contribution in [0.25, 0.3) is 22.2 Å². The molecule has 4 rings (SSSR count). The van der Waals surface area contributed by atoms with E-state index >= 15 is 0 Å². The zero-order chi connectivity index (χ0) is 22.0. The van der Waals surface area contributed by atoms with Gasteiger partial charge in [-0.3, -0.25) is 19.5 Å². The number of carbonyl (C=O) groups excluding carboxylic acids is 1. The average Bonchev–Trinajstić information content (AvgIpc) is 3.24. The maximum atomic E-state index is 12.7. The predicted octanol–water partition coefficient (Wildman–Crippen LogP) is 4.71. The Morgan fingerprint density at radius 2 is 2.03 bits per heavy atom. The van der Waals surface area contributed by atoms with Crippen molar-refractivity contribution >= 4 is 34.9 Å². The molecule has 0 aliphatic rings. The summed E-state index contributed by atoms with van der Waals surface area (Å²) < 4.78 is 6.94. The fraction of sp³-hybridized carbons (Fsp3) is 0.130. The SMILES string of the molecule is C=CCn1c(=S)[nH]c2cc(C(=O)Nc3cc(-c4ccc(CC)cc4)no3)ccc2c1=O. The van der Waals surface area contributed by atoms with Crippen molar-refractivity contribution in [2.75, 3.05) is 5.32 Å². The Kier molecular flexibility index (Phi) is 5.64. The van der Waals surface area contributed by atoms with Crippen molar-refractivity contribution in [1.82, 2.24) is 14.7 Å². The number of anilines is 1. The molecule has 0 aliphatic carbocycles. The average molecular weight is 433 g/mol. The van der Waals surface area contributed by atoms with Crippen molar-refractivity contribution < 1.29 is 9.32 Å². The van der Waals surface area contributed by atoms with Crippen LogP contribution < -0.4 is 10.9 Å². The highest BCUT2D eigenvalue weighted by molar-refractivity contribution is 7.71. The number of hydrogen-bond acceptors (Lipinski definition) is 5. The predicted molar refractivity (Wildman–Crippen MR) is 123 cm³/mol. The van der Waals surface area contributed by atoms with Crippen LogP contribution >= 0.6 is 12.2 Å². The Balaban J connectivity index is 1.58. The summed E-state index contributed by atoms with van der Waals surface area (Å²) in [7, 11) is 0. The van der Waals surface area contributed by atoms with Gasteiger partial charge in [0.2, 0.25) is 5.88 Å². The first kappa shape index (κ1) is 20.5. The summed E-state index contributed by atoms with van der Waals surface area (Å²) in [6.07, 6.45) is 2.56. The van der Waals surface area contributed by atoms with Crippen LogP contribution in [0.3, 0.4) is 0 Å². The van der Waals surface area contributed by atoms with E-state index in [-0.39, 0.29) is 22.1 Å². The number of amides is 1. The molecule has 2 aromatic heterocycles. The molecule has 0 spiro atoms. The Morgan fingerprint density at radius 1 is 1.26 bits per heavy atom. The first-order valence-electron chi connectivity index (χ1n) is 9.75. The molecular weight excluding hydrogens is 412 g/mol. The van der Waals surface area contributed by atoms with Gasteiger partial charge in [-0.1, -0.05) is 42.4 Å². The second kappa shape index (κ2) is 8.53. The molecule has 2 aromatic carbocycles. The topological polar surface area (TPSA) is 92.9 Å². The molecule has 0 unspecified atom stereocenters. The standard InChI is InChI=1S/C23H20N4O3S/c1-3-11-27-22(29)17-10-9-16(12-19(17)24-23(27)31)21(28)25-20-13-18(26-30-20)15-7-5-14(4-2)6-8-15/h3,5-10,12-13H,1,4,11H2,2H3,(H,24,31)(H,25,28). The molecule has 31 heavy (non-hydrogen) atoms. The lowest BCUT2D eigenvalue weighted by molar-refractivity contribution is 0.102. The van der Waals surface area contributed by atoms with E-state index in [1.807, 2.05) is 24.3 Å². The Labute approximate surface area is 183 Å². The minimum atomic E-state index is -0.388. The monoisotopic (exact) mass is 432 g/mol. The lowest BCUT2D eigenvalue weighted by atomic mass is 10.1. The number of nitrogens with zero attached hydrogens (tertiary/aromatic N) is 2. The molecule has 7 nitrogen and oxygen atoms in total. The van der Waals surface area contributed by atoms with Gasteiger partial charge in [-0.05, 0) is 42.4 Å². The van der Waals surface area contributed by atoms with Crippen LogP contribution in [0.5, 0.6) is 0 Å². The number of aryl methyl sites for hydroxylation is 1. The smallest absolute Gasteiger partial charge is 0.262 e. The van der Waals surface area contributed by atoms with E-state index in [0.29, 0.717) is 28.7 Å². The van der Waals surface area contributed by atoms with Crippen LogP contribution in [-0.4, -0.2) is 20.6 Å². The first-order chi connectivity index (χ1) is 15.0. The molecule has 156 valence electrons. The molecule has 0 bridgehead atoms. The summed E-state index contributed by atoms with van der Waals surface area (Å²) in [5.41, 5.74) is 3.35. The van der Waals surface area contributed by atoms with Crippen molar-refractivity contribution in [1.29, 1.82) is 0 Å². The van der Waals surface area contributed by atoms with Gasteiger partial charge in [-0.25, -0.2) is 0 Å². The highest BCUT2D eigenvalue weighted by Crippen LogP contribution is 2.23. The molecule has 0 saturated heterocycles. The molecule has 0 atom stereocenters. The van der Waals surface area contributed by atoms with Crippen molar-refractivity contribution in [3.63, 3.8) is 0 Å². The normalized spacial score (nSPS) is 10.9. The van der Waals surface area contributed by atoms with Crippen molar-refractivity contribution in [3.05, 3.63) is 87.4 Å². The van der Waals surface area contributed by atoms with Gasteiger partial charge in [0.25, 0.3) is 11.5 Å². The van der Waals surface area contributed by atoms with Gasteiger partial charge in [0, 0.05) is 23.7 Å². The van der Waals surface area contributed by atoms with E-state index < -0.39 is 0 Å². The molecule has 0 radical (unpaired) electrons. The minimum absolute atomic E-state index is 0.231. The molecule has 1 amide bonds. The third-order valence-corrected chi connectivity index (χ3v) is 5.28. The lowest BCUT2D eigenvalue weighted by Crippen LogP contribution is -2.22. The van der Waals surface area contributed by atoms with Gasteiger partial charge >= 0.3 is 0 Å². The molecule has 4 aromatic rings. The molecule has 2 N–H and O–H groups in total. The van der Waals surface area contributed by atoms with Gasteiger partial charge in [0.1, 0.15) is 5.69 Å². The first-order valence-corrected chi connectivity index (χ1v) is 10.2. The van der Waals surface area contributed by atoms with Gasteiger partial charge in [-0.2, -0.15) is 0 Å². The fourth-order valence-corrected chi connectivity index (χ4v) is 3.52. The number of fused-ring (bicyclic) bond motifs is 1. The fourth-order valence-electron chi connectivity index (χ4n) is 3.26. The van der Waals surface area contributed by atoms with Crippen molar-refractivity contribution in [3.8, 4) is 11.3 Å². The Hall–Kier alpha value is -3.78. The summed E-state index contributed by atoms with van der Waals surface area (Å²) in [4.78, 5) is 28.3. The highest BCUT2D eigenvalue weighted by Gasteiger charge is 2.13. The number of allylic oxidation sites excluding steroid dienone is 1. The second-order valence-electron chi connectivity index (χ2n) is 6.98. The summed E-state index contributed by atoms with van der Waals surface area (Å²) in [6, 6.07) is 14.4. The highest BCUT2D eigenvalue weighted by atomic mass is 32.1. The second-order valence-corrected chi connectivity index (χ2v) is 7.36. The van der Waals surface area contributed by atoms with E-state index in [0.717, 1.165) is 12.0 Å². The third kappa shape index (κ3) is 4.10. The zero-order valence-corrected chi connectivity index (χ0v) is 17.7. The van der Waals surface area contributed by atoms with Crippen molar-refractivity contribution in [2.45, 2.75) is 19.9 Å². The largest absolute Gasteiger partial charge is 0.338 e. The number of carbonyl (C=O) groups is 1. The number of H-pyrrole nitrogens is 1. The van der Waals surface area contributed by atoms with Gasteiger partial charge in [0.05, 0.1) is 10.9 Å². The summed E-state index contributed by atoms with van der Waals surface area (Å²) >= 11 is 5.25. The van der Waals surface area contributed by atoms with Crippen LogP contribution in [0.2, 0.25) is 0 Å². The third-order valence-electron chi connectivity index (χ3n) is 4.96. The Morgan fingerprint density at radius 3 is 2.74 bits per heavy atom. The molecule has 0 aliphatic heterocycles. The van der Waals surface area contributed by atoms with Crippen molar-refractivity contribution in [2.24, 2.45) is 0 Å². The number of aromatic amines is 1. The molecule has 8 heteroatoms. The summed E-state index contributed by atoms with van der Waals surface area (Å²) in [5.74, 6) is -0.158. The van der Waals surface area contributed by atoms with E-state index in [2.05, 4.69) is 29.0 Å². The van der Waals surface area contributed by atoms with Gasteiger partial charge in [0.15, 0.2) is 4.77 Å². The van der Waals surface area contributed by atoms with E-state index in [1.54, 1.807) is 30.3 Å². The molecule has 2 heterocycles. The zero-order valence-electron chi connectivity index (χ0n) is 16.8. The van der Waals surface area contributed by atoms with Crippen LogP contribution in [0.15, 0.2) is 70.5 Å². The van der Waals surface area contributed by atoms with Crippen LogP contribution in [0.1, 0.15) is 22.8 Å². The summed E-state index contributed by atoms with van der Waals surface area (Å²) in [5, 5.41) is 7.15. The number of rotatable bonds is 6. The van der Waals surface area contributed by atoms with E-state index in [1.165, 1.54) is 10.1 Å². The molecule has 0 fully saturated rings. The van der Waals surface area contributed by atoms with E-state index in [4.69, 9.17) is 16.7 Å². The van der Waals surface area contributed by atoms with Crippen LogP contribution in [0, 0.1) is 4.77 Å². The van der Waals surface area contributed by atoms with Gasteiger partial charge in [-0.15, -0.1) is 6.58 Å². The quantitative estimate of drug-likeness (QED) is 0.340. The number of nitrogens with one attached hydrogen (secondary N) is 2. The summed E-state index contributed by atoms with van der Waals surface area (Å²) in [6.45, 7) is 6.04. The maximum absolute atomic E-state index is 12.7. The van der Waals surface area contributed by atoms with E-state index in [9.17, 15) is 9.59 Å². The Bertz CT molecular complexity index is 1400. The molecular formula is C23H20N4O3S. The number of aromatic nitrogens is 3. The van der Waals surface area contributed by atoms with Gasteiger partial charge < -0.3 is 9.51 Å².